The third-order valence-electron chi connectivity index (χ3n) is 2.52. The molecule has 0 aliphatic rings. The summed E-state index contributed by atoms with van der Waals surface area (Å²) in [7, 11) is 1.68. The minimum Gasteiger partial charge on any atom is -0.382 e. The summed E-state index contributed by atoms with van der Waals surface area (Å²) in [5.74, 6) is 0. The van der Waals surface area contributed by atoms with E-state index in [2.05, 4.69) is 53.3 Å². The van der Waals surface area contributed by atoms with Crippen molar-refractivity contribution in [3.05, 3.63) is 33.8 Å². The van der Waals surface area contributed by atoms with Crippen molar-refractivity contribution in [3.8, 4) is 0 Å². The molecule has 102 valence electrons. The summed E-state index contributed by atoms with van der Waals surface area (Å²) < 4.78 is 11.5. The maximum absolute atomic E-state index is 5.51. The molecule has 0 bridgehead atoms. The van der Waals surface area contributed by atoms with Crippen LogP contribution in [0.5, 0.6) is 0 Å². The molecule has 0 spiro atoms. The lowest BCUT2D eigenvalue weighted by atomic mass is 10.1. The number of benzene rings is 1. The van der Waals surface area contributed by atoms with E-state index in [0.29, 0.717) is 25.9 Å². The van der Waals surface area contributed by atoms with Crippen LogP contribution in [-0.4, -0.2) is 26.4 Å². The molecule has 0 heterocycles. The Hall–Kier alpha value is -0.420. The molecular weight excluding hydrogens is 294 g/mol. The Morgan fingerprint density at radius 1 is 1.28 bits per heavy atom. The van der Waals surface area contributed by atoms with Gasteiger partial charge in [-0.25, -0.2) is 0 Å². The predicted octanol–water partition coefficient (Wildman–Crippen LogP) is 3.11. The molecule has 0 atom stereocenters. The molecule has 0 aromatic heterocycles. The van der Waals surface area contributed by atoms with Gasteiger partial charge in [0.25, 0.3) is 0 Å². The van der Waals surface area contributed by atoms with E-state index < -0.39 is 0 Å². The standard InChI is InChI=1S/C14H22BrNO2/c1-11(2)16-9-12-4-5-13(14(15)8-12)10-18-7-6-17-3/h4-5,8,11,16H,6-7,9-10H2,1-3H3. The van der Waals surface area contributed by atoms with Gasteiger partial charge in [-0.2, -0.15) is 0 Å². The summed E-state index contributed by atoms with van der Waals surface area (Å²) >= 11 is 3.58. The first-order valence-electron chi connectivity index (χ1n) is 6.21. The molecule has 1 N–H and O–H groups in total. The van der Waals surface area contributed by atoms with Gasteiger partial charge in [-0.3, -0.25) is 0 Å². The summed E-state index contributed by atoms with van der Waals surface area (Å²) in [5, 5.41) is 3.40. The average Bonchev–Trinajstić information content (AvgIpc) is 2.34. The summed E-state index contributed by atoms with van der Waals surface area (Å²) in [6.07, 6.45) is 0. The van der Waals surface area contributed by atoms with Gasteiger partial charge < -0.3 is 14.8 Å². The molecule has 0 amide bonds. The van der Waals surface area contributed by atoms with E-state index in [1.807, 2.05) is 0 Å². The first kappa shape index (κ1) is 15.6. The maximum Gasteiger partial charge on any atom is 0.0728 e. The van der Waals surface area contributed by atoms with Gasteiger partial charge in [0, 0.05) is 24.2 Å². The SMILES string of the molecule is COCCOCc1ccc(CNC(C)C)cc1Br. The molecule has 1 aromatic carbocycles. The number of hydrogen-bond acceptors (Lipinski definition) is 3. The molecule has 0 radical (unpaired) electrons. The van der Waals surface area contributed by atoms with Crippen LogP contribution in [0, 0.1) is 0 Å². The van der Waals surface area contributed by atoms with Gasteiger partial charge in [-0.1, -0.05) is 41.9 Å². The van der Waals surface area contributed by atoms with Crippen molar-refractivity contribution in [3.63, 3.8) is 0 Å². The highest BCUT2D eigenvalue weighted by atomic mass is 79.9. The van der Waals surface area contributed by atoms with Crippen LogP contribution in [0.4, 0.5) is 0 Å². The fraction of sp³-hybridized carbons (Fsp3) is 0.571. The third-order valence-corrected chi connectivity index (χ3v) is 3.26. The van der Waals surface area contributed by atoms with Crippen molar-refractivity contribution < 1.29 is 9.47 Å². The molecule has 3 nitrogen and oxygen atoms in total. The van der Waals surface area contributed by atoms with Gasteiger partial charge in [0.2, 0.25) is 0 Å². The van der Waals surface area contributed by atoms with Gasteiger partial charge in [-0.05, 0) is 17.2 Å². The third kappa shape index (κ3) is 5.96. The second-order valence-corrected chi connectivity index (χ2v) is 5.36. The van der Waals surface area contributed by atoms with Crippen LogP contribution in [0.15, 0.2) is 22.7 Å². The van der Waals surface area contributed by atoms with Gasteiger partial charge in [-0.15, -0.1) is 0 Å². The molecule has 1 rings (SSSR count). The number of ether oxygens (including phenoxy) is 2. The van der Waals surface area contributed by atoms with E-state index in [-0.39, 0.29) is 0 Å². The number of nitrogens with one attached hydrogen (secondary N) is 1. The Morgan fingerprint density at radius 3 is 2.67 bits per heavy atom. The number of rotatable bonds is 8. The lowest BCUT2D eigenvalue weighted by molar-refractivity contribution is 0.0614. The number of halogens is 1. The summed E-state index contributed by atoms with van der Waals surface area (Å²) in [6.45, 7) is 7.05. The van der Waals surface area contributed by atoms with Crippen molar-refractivity contribution in [2.75, 3.05) is 20.3 Å². The zero-order valence-electron chi connectivity index (χ0n) is 11.3. The lowest BCUT2D eigenvalue weighted by Gasteiger charge is -2.11. The van der Waals surface area contributed by atoms with Gasteiger partial charge in [0.1, 0.15) is 0 Å². The van der Waals surface area contributed by atoms with Crippen LogP contribution in [0.2, 0.25) is 0 Å². The Bertz CT molecular complexity index is 356. The van der Waals surface area contributed by atoms with Crippen LogP contribution in [0.1, 0.15) is 25.0 Å². The predicted molar refractivity (Wildman–Crippen MR) is 77.6 cm³/mol. The van der Waals surface area contributed by atoms with E-state index in [0.717, 1.165) is 11.0 Å². The van der Waals surface area contributed by atoms with E-state index in [4.69, 9.17) is 9.47 Å². The zero-order valence-corrected chi connectivity index (χ0v) is 12.9. The number of methoxy groups -OCH3 is 1. The fourth-order valence-corrected chi connectivity index (χ4v) is 2.00. The second kappa shape index (κ2) is 8.64. The first-order valence-corrected chi connectivity index (χ1v) is 7.00. The highest BCUT2D eigenvalue weighted by Crippen LogP contribution is 2.19. The van der Waals surface area contributed by atoms with Gasteiger partial charge in [0.05, 0.1) is 19.8 Å². The minimum absolute atomic E-state index is 0.501. The molecule has 0 aliphatic carbocycles. The number of hydrogen-bond donors (Lipinski definition) is 1. The second-order valence-electron chi connectivity index (χ2n) is 4.51. The highest BCUT2D eigenvalue weighted by molar-refractivity contribution is 9.10. The molecular formula is C14H22BrNO2. The van der Waals surface area contributed by atoms with Crippen LogP contribution in [0.25, 0.3) is 0 Å². The normalized spacial score (nSPS) is 11.2. The highest BCUT2D eigenvalue weighted by Gasteiger charge is 2.02. The monoisotopic (exact) mass is 315 g/mol. The molecule has 0 fully saturated rings. The molecule has 0 aliphatic heterocycles. The quantitative estimate of drug-likeness (QED) is 0.748. The first-order chi connectivity index (χ1) is 8.63. The van der Waals surface area contributed by atoms with Crippen LogP contribution in [-0.2, 0) is 22.6 Å². The molecule has 18 heavy (non-hydrogen) atoms. The Morgan fingerprint density at radius 2 is 2.06 bits per heavy atom. The van der Waals surface area contributed by atoms with Crippen molar-refractivity contribution in [2.45, 2.75) is 33.0 Å². The summed E-state index contributed by atoms with van der Waals surface area (Å²) in [5.41, 5.74) is 2.44. The van der Waals surface area contributed by atoms with Gasteiger partial charge in [0.15, 0.2) is 0 Å². The Labute approximate surface area is 118 Å². The van der Waals surface area contributed by atoms with Crippen LogP contribution in [0.3, 0.4) is 0 Å². The maximum atomic E-state index is 5.51. The zero-order chi connectivity index (χ0) is 13.4. The van der Waals surface area contributed by atoms with E-state index >= 15 is 0 Å². The average molecular weight is 316 g/mol. The summed E-state index contributed by atoms with van der Waals surface area (Å²) in [4.78, 5) is 0. The van der Waals surface area contributed by atoms with Gasteiger partial charge >= 0.3 is 0 Å². The van der Waals surface area contributed by atoms with Crippen molar-refractivity contribution in [1.29, 1.82) is 0 Å². The lowest BCUT2D eigenvalue weighted by Crippen LogP contribution is -2.21. The topological polar surface area (TPSA) is 30.5 Å². The van der Waals surface area contributed by atoms with E-state index in [9.17, 15) is 0 Å². The fourth-order valence-electron chi connectivity index (χ4n) is 1.46. The molecule has 0 saturated heterocycles. The largest absolute Gasteiger partial charge is 0.382 e. The Kier molecular flexibility index (Phi) is 7.51. The van der Waals surface area contributed by atoms with Crippen molar-refractivity contribution in [1.82, 2.24) is 5.32 Å². The summed E-state index contributed by atoms with van der Waals surface area (Å²) in [6, 6.07) is 6.88. The van der Waals surface area contributed by atoms with Crippen molar-refractivity contribution >= 4 is 15.9 Å². The van der Waals surface area contributed by atoms with Crippen molar-refractivity contribution in [2.24, 2.45) is 0 Å². The molecule has 4 heteroatoms. The van der Waals surface area contributed by atoms with Crippen LogP contribution < -0.4 is 5.32 Å². The molecule has 0 saturated carbocycles. The Balaban J connectivity index is 2.46. The smallest absolute Gasteiger partial charge is 0.0728 e. The minimum atomic E-state index is 0.501. The van der Waals surface area contributed by atoms with Crippen LogP contribution >= 0.6 is 15.9 Å². The molecule has 0 unspecified atom stereocenters. The van der Waals surface area contributed by atoms with E-state index in [1.165, 1.54) is 11.1 Å². The van der Waals surface area contributed by atoms with E-state index in [1.54, 1.807) is 7.11 Å². The molecule has 1 aromatic rings.